The van der Waals surface area contributed by atoms with Crippen molar-refractivity contribution in [3.05, 3.63) is 20.8 Å². The largest absolute Gasteiger partial charge is 0.243 e. The van der Waals surface area contributed by atoms with Crippen LogP contribution >= 0.6 is 45.2 Å². The van der Waals surface area contributed by atoms with Crippen LogP contribution in [0, 0.1) is 17.8 Å². The Morgan fingerprint density at radius 2 is 1.86 bits per heavy atom. The van der Waals surface area contributed by atoms with Gasteiger partial charge >= 0.3 is 0 Å². The molecule has 4 heteroatoms. The maximum Gasteiger partial charge on any atom is 0.158 e. The minimum absolute atomic E-state index is 0.232. The number of hydrogen-bond acceptors (Lipinski definition) is 0. The fraction of sp³-hybridized carbons (Fsp3) is 0.765. The molecule has 0 aromatic heterocycles. The molecule has 5 atom stereocenters. The van der Waals surface area contributed by atoms with Gasteiger partial charge in [-0.05, 0) is 101 Å². The van der Waals surface area contributed by atoms with Gasteiger partial charge in [-0.15, -0.1) is 0 Å². The highest BCUT2D eigenvalue weighted by Gasteiger charge is 2.31. The molecule has 0 aliphatic heterocycles. The predicted octanol–water partition coefficient (Wildman–Crippen LogP) is 6.93. The molecule has 0 bridgehead atoms. The first-order chi connectivity index (χ1) is 9.91. The second-order valence-corrected chi connectivity index (χ2v) is 8.79. The molecule has 21 heavy (non-hydrogen) atoms. The van der Waals surface area contributed by atoms with Crippen molar-refractivity contribution in [1.82, 2.24) is 0 Å². The third-order valence-corrected chi connectivity index (χ3v) is 7.59. The van der Waals surface area contributed by atoms with E-state index in [4.69, 9.17) is 0 Å². The molecule has 0 N–H and O–H groups in total. The van der Waals surface area contributed by atoms with Crippen LogP contribution in [0.2, 0.25) is 0 Å². The van der Waals surface area contributed by atoms with Gasteiger partial charge in [-0.3, -0.25) is 0 Å². The number of hydrogen-bond donors (Lipinski definition) is 0. The Morgan fingerprint density at radius 3 is 2.48 bits per heavy atom. The minimum atomic E-state index is -1.01. The van der Waals surface area contributed by atoms with Crippen LogP contribution in [0.15, 0.2) is 20.8 Å². The second-order valence-electron chi connectivity index (χ2n) is 6.44. The molecule has 1 saturated carbocycles. The molecule has 0 aromatic carbocycles. The van der Waals surface area contributed by atoms with Crippen molar-refractivity contribution in [3.8, 4) is 0 Å². The number of fused-ring (bicyclic) bond motifs is 1. The Morgan fingerprint density at radius 1 is 1.19 bits per heavy atom. The van der Waals surface area contributed by atoms with E-state index in [0.29, 0.717) is 5.92 Å². The maximum atomic E-state index is 14.2. The SMILES string of the molecule is CC(F)/C(C1=CC2CCCCC2CC1)=C(/I)C(C)C(F)I. The van der Waals surface area contributed by atoms with Crippen molar-refractivity contribution in [2.45, 2.75) is 62.7 Å². The third kappa shape index (κ3) is 4.42. The van der Waals surface area contributed by atoms with E-state index < -0.39 is 10.4 Å². The quantitative estimate of drug-likeness (QED) is 0.279. The summed E-state index contributed by atoms with van der Waals surface area (Å²) in [7, 11) is 0. The Kier molecular flexibility index (Phi) is 6.97. The van der Waals surface area contributed by atoms with Gasteiger partial charge in [0.15, 0.2) is 4.18 Å². The van der Waals surface area contributed by atoms with Crippen molar-refractivity contribution in [2.75, 3.05) is 0 Å². The molecule has 0 nitrogen and oxygen atoms in total. The van der Waals surface area contributed by atoms with Gasteiger partial charge in [-0.2, -0.15) is 0 Å². The zero-order chi connectivity index (χ0) is 15.6. The zero-order valence-corrected chi connectivity index (χ0v) is 17.0. The van der Waals surface area contributed by atoms with E-state index in [0.717, 1.165) is 27.1 Å². The summed E-state index contributed by atoms with van der Waals surface area (Å²) in [6.07, 6.45) is 8.66. The summed E-state index contributed by atoms with van der Waals surface area (Å²) in [5.74, 6) is 1.19. The van der Waals surface area contributed by atoms with Gasteiger partial charge in [0.05, 0.1) is 0 Å². The van der Waals surface area contributed by atoms with E-state index in [1.807, 2.05) is 6.92 Å². The normalized spacial score (nSPS) is 31.6. The van der Waals surface area contributed by atoms with E-state index >= 15 is 0 Å². The third-order valence-electron chi connectivity index (χ3n) is 4.95. The molecule has 1 fully saturated rings. The lowest BCUT2D eigenvalue weighted by Crippen LogP contribution is -2.23. The summed E-state index contributed by atoms with van der Waals surface area (Å²) in [5.41, 5.74) is 1.92. The van der Waals surface area contributed by atoms with E-state index in [9.17, 15) is 8.78 Å². The molecule has 0 spiro atoms. The Labute approximate surface area is 154 Å². The first-order valence-corrected chi connectivity index (χ1v) is 10.3. The highest BCUT2D eigenvalue weighted by molar-refractivity contribution is 14.1. The Bertz CT molecular complexity index is 427. The summed E-state index contributed by atoms with van der Waals surface area (Å²) in [6.45, 7) is 3.45. The molecule has 5 unspecified atom stereocenters. The molecular weight excluding hydrogens is 496 g/mol. The van der Waals surface area contributed by atoms with Gasteiger partial charge in [0.25, 0.3) is 0 Å². The molecule has 2 aliphatic carbocycles. The standard InChI is InChI=1S/C17H24F2I2/c1-10(17(19)21)16(20)15(11(2)18)14-8-7-12-5-3-4-6-13(12)9-14/h9-13,17H,3-8H2,1-2H3/b16-15-. The maximum absolute atomic E-state index is 14.2. The molecule has 2 rings (SSSR count). The number of rotatable bonds is 4. The molecule has 0 aromatic rings. The Hall–Kier alpha value is 0.800. The summed E-state index contributed by atoms with van der Waals surface area (Å²) < 4.78 is 27.7. The lowest BCUT2D eigenvalue weighted by molar-refractivity contribution is 0.254. The van der Waals surface area contributed by atoms with Crippen LogP contribution in [0.4, 0.5) is 8.78 Å². The average Bonchev–Trinajstić information content (AvgIpc) is 2.45. The number of alkyl halides is 3. The summed E-state index contributed by atoms with van der Waals surface area (Å²) in [6, 6.07) is 0. The lowest BCUT2D eigenvalue weighted by Gasteiger charge is -2.35. The van der Waals surface area contributed by atoms with Crippen molar-refractivity contribution in [3.63, 3.8) is 0 Å². The van der Waals surface area contributed by atoms with Crippen LogP contribution in [0.25, 0.3) is 0 Å². The first-order valence-electron chi connectivity index (χ1n) is 7.94. The van der Waals surface area contributed by atoms with Crippen molar-refractivity contribution < 1.29 is 8.78 Å². The summed E-state index contributed by atoms with van der Waals surface area (Å²) in [4.78, 5) is 0. The molecule has 2 aliphatic rings. The minimum Gasteiger partial charge on any atom is -0.243 e. The Balaban J connectivity index is 2.30. The highest BCUT2D eigenvalue weighted by atomic mass is 127. The molecule has 0 amide bonds. The van der Waals surface area contributed by atoms with Crippen LogP contribution in [0.3, 0.4) is 0 Å². The highest BCUT2D eigenvalue weighted by Crippen LogP contribution is 2.44. The number of allylic oxidation sites excluding steroid dienone is 4. The van der Waals surface area contributed by atoms with Crippen molar-refractivity contribution in [1.29, 1.82) is 0 Å². The fourth-order valence-corrected chi connectivity index (χ4v) is 5.81. The average molecular weight is 520 g/mol. The van der Waals surface area contributed by atoms with Gasteiger partial charge < -0.3 is 0 Å². The monoisotopic (exact) mass is 520 g/mol. The van der Waals surface area contributed by atoms with E-state index in [2.05, 4.69) is 28.7 Å². The van der Waals surface area contributed by atoms with Gasteiger partial charge in [0.2, 0.25) is 0 Å². The topological polar surface area (TPSA) is 0 Å². The zero-order valence-electron chi connectivity index (χ0n) is 12.7. The number of halogens is 4. The van der Waals surface area contributed by atoms with Crippen molar-refractivity contribution in [2.24, 2.45) is 17.8 Å². The van der Waals surface area contributed by atoms with Crippen molar-refractivity contribution >= 4 is 45.2 Å². The molecule has 0 heterocycles. The predicted molar refractivity (Wildman–Crippen MR) is 102 cm³/mol. The van der Waals surface area contributed by atoms with Gasteiger partial charge in [-0.25, -0.2) is 8.78 Å². The summed E-state index contributed by atoms with van der Waals surface area (Å²) >= 11 is 3.96. The van der Waals surface area contributed by atoms with Crippen LogP contribution in [-0.2, 0) is 0 Å². The van der Waals surface area contributed by atoms with E-state index in [-0.39, 0.29) is 5.92 Å². The van der Waals surface area contributed by atoms with Gasteiger partial charge in [-0.1, -0.05) is 25.8 Å². The molecular formula is C17H24F2I2. The summed E-state index contributed by atoms with van der Waals surface area (Å²) in [5, 5.41) is 0. The molecule has 0 radical (unpaired) electrons. The van der Waals surface area contributed by atoms with Gasteiger partial charge in [0.1, 0.15) is 6.17 Å². The van der Waals surface area contributed by atoms with E-state index in [1.165, 1.54) is 32.1 Å². The first kappa shape index (κ1) is 18.1. The van der Waals surface area contributed by atoms with Crippen LogP contribution < -0.4 is 0 Å². The lowest BCUT2D eigenvalue weighted by atomic mass is 9.71. The van der Waals surface area contributed by atoms with E-state index in [1.54, 1.807) is 29.5 Å². The molecule has 120 valence electrons. The fourth-order valence-electron chi connectivity index (χ4n) is 3.68. The van der Waals surface area contributed by atoms with Crippen LogP contribution in [0.5, 0.6) is 0 Å². The second kappa shape index (κ2) is 8.06. The smallest absolute Gasteiger partial charge is 0.158 e. The van der Waals surface area contributed by atoms with Crippen LogP contribution in [-0.4, -0.2) is 10.4 Å². The van der Waals surface area contributed by atoms with Gasteiger partial charge in [0, 0.05) is 9.50 Å². The van der Waals surface area contributed by atoms with Crippen LogP contribution in [0.1, 0.15) is 52.4 Å². The molecule has 0 saturated heterocycles.